The normalized spacial score (nSPS) is 24.9. The maximum Gasteiger partial charge on any atom is 0.213 e. The lowest BCUT2D eigenvalue weighted by Crippen LogP contribution is -2.45. The lowest BCUT2D eigenvalue weighted by Gasteiger charge is -2.22. The first-order chi connectivity index (χ1) is 13.5. The van der Waals surface area contributed by atoms with Crippen molar-refractivity contribution in [2.45, 2.75) is 57.8 Å². The van der Waals surface area contributed by atoms with Gasteiger partial charge in [-0.05, 0) is 39.5 Å². The highest BCUT2D eigenvalue weighted by Crippen LogP contribution is 2.12. The monoisotopic (exact) mass is 420 g/mol. The lowest BCUT2D eigenvalue weighted by molar-refractivity contribution is 0.0200. The van der Waals surface area contributed by atoms with Crippen LogP contribution < -0.4 is 15.4 Å². The lowest BCUT2D eigenvalue weighted by atomic mass is 10.1. The Labute approximate surface area is 169 Å². The van der Waals surface area contributed by atoms with E-state index in [9.17, 15) is 8.42 Å². The third kappa shape index (κ3) is 9.51. The maximum absolute atomic E-state index is 12.2. The molecule has 0 amide bonds. The molecule has 0 saturated carbocycles. The van der Waals surface area contributed by atoms with Crippen LogP contribution in [0.5, 0.6) is 0 Å². The number of guanidine groups is 1. The van der Waals surface area contributed by atoms with E-state index >= 15 is 0 Å². The van der Waals surface area contributed by atoms with Crippen LogP contribution in [0.1, 0.15) is 39.5 Å². The first-order valence-electron chi connectivity index (χ1n) is 10.3. The van der Waals surface area contributed by atoms with E-state index in [1.54, 1.807) is 0 Å². The minimum atomic E-state index is -3.37. The van der Waals surface area contributed by atoms with Crippen molar-refractivity contribution in [3.05, 3.63) is 0 Å². The summed E-state index contributed by atoms with van der Waals surface area (Å²) in [6, 6.07) is 0.0524. The topological polar surface area (TPSA) is 110 Å². The Morgan fingerprint density at radius 3 is 2.82 bits per heavy atom. The molecule has 0 aromatic carbocycles. The van der Waals surface area contributed by atoms with Crippen LogP contribution in [-0.4, -0.2) is 84.4 Å². The van der Waals surface area contributed by atoms with Crippen LogP contribution in [0, 0.1) is 0 Å². The van der Waals surface area contributed by atoms with Gasteiger partial charge in [0.15, 0.2) is 5.96 Å². The van der Waals surface area contributed by atoms with Crippen LogP contribution in [0.25, 0.3) is 0 Å². The van der Waals surface area contributed by atoms with Crippen molar-refractivity contribution in [3.63, 3.8) is 0 Å². The minimum absolute atomic E-state index is 0.0165. The van der Waals surface area contributed by atoms with Gasteiger partial charge in [0.05, 0.1) is 37.7 Å². The molecule has 3 atom stereocenters. The SMILES string of the molecule is CCNC(=NCCS(=O)(=O)NCC1CCCCO1)NC(C)COC1CCOC1. The summed E-state index contributed by atoms with van der Waals surface area (Å²) in [5.74, 6) is 0.535. The molecule has 0 radical (unpaired) electrons. The van der Waals surface area contributed by atoms with Gasteiger partial charge in [0.2, 0.25) is 10.0 Å². The molecule has 0 aromatic rings. The van der Waals surface area contributed by atoms with Gasteiger partial charge in [0.25, 0.3) is 0 Å². The highest BCUT2D eigenvalue weighted by molar-refractivity contribution is 7.89. The second-order valence-electron chi connectivity index (χ2n) is 7.28. The van der Waals surface area contributed by atoms with E-state index < -0.39 is 10.0 Å². The average Bonchev–Trinajstić information content (AvgIpc) is 3.19. The van der Waals surface area contributed by atoms with Crippen LogP contribution in [0.3, 0.4) is 0 Å². The number of hydrogen-bond donors (Lipinski definition) is 3. The maximum atomic E-state index is 12.2. The standard InChI is InChI=1S/C18H36N4O5S/c1-3-19-18(22-15(2)13-27-17-7-10-25-14-17)20-8-11-28(23,24)21-12-16-6-4-5-9-26-16/h15-17,21H,3-14H2,1-2H3,(H2,19,20,22). The molecule has 2 aliphatic heterocycles. The summed E-state index contributed by atoms with van der Waals surface area (Å²) in [5, 5.41) is 6.38. The molecule has 0 spiro atoms. The van der Waals surface area contributed by atoms with E-state index in [-0.39, 0.29) is 30.5 Å². The predicted molar refractivity (Wildman–Crippen MR) is 109 cm³/mol. The quantitative estimate of drug-likeness (QED) is 0.324. The zero-order valence-electron chi connectivity index (χ0n) is 17.1. The van der Waals surface area contributed by atoms with Gasteiger partial charge in [0.1, 0.15) is 0 Å². The van der Waals surface area contributed by atoms with Crippen LogP contribution in [0.15, 0.2) is 4.99 Å². The first kappa shape index (κ1) is 23.3. The van der Waals surface area contributed by atoms with Crippen molar-refractivity contribution in [1.29, 1.82) is 0 Å². The molecular weight excluding hydrogens is 384 g/mol. The molecule has 9 nitrogen and oxygen atoms in total. The van der Waals surface area contributed by atoms with Crippen LogP contribution >= 0.6 is 0 Å². The third-order valence-electron chi connectivity index (χ3n) is 4.63. The van der Waals surface area contributed by atoms with Crippen molar-refractivity contribution < 1.29 is 22.6 Å². The molecule has 3 N–H and O–H groups in total. The fourth-order valence-corrected chi connectivity index (χ4v) is 3.97. The number of aliphatic imine (C=N–C) groups is 1. The van der Waals surface area contributed by atoms with Crippen molar-refractivity contribution in [3.8, 4) is 0 Å². The number of ether oxygens (including phenoxy) is 3. The second-order valence-corrected chi connectivity index (χ2v) is 9.21. The molecule has 2 heterocycles. The highest BCUT2D eigenvalue weighted by atomic mass is 32.2. The molecule has 0 aliphatic carbocycles. The molecule has 10 heteroatoms. The molecule has 0 bridgehead atoms. The molecule has 164 valence electrons. The first-order valence-corrected chi connectivity index (χ1v) is 12.0. The van der Waals surface area contributed by atoms with Gasteiger partial charge in [-0.2, -0.15) is 0 Å². The summed E-state index contributed by atoms with van der Waals surface area (Å²) in [4.78, 5) is 4.38. The molecule has 28 heavy (non-hydrogen) atoms. The molecule has 0 aromatic heterocycles. The van der Waals surface area contributed by atoms with E-state index in [2.05, 4.69) is 20.3 Å². The second kappa shape index (κ2) is 12.6. The zero-order valence-corrected chi connectivity index (χ0v) is 17.9. The molecule has 3 unspecified atom stereocenters. The fraction of sp³-hybridized carbons (Fsp3) is 0.944. The summed E-state index contributed by atoms with van der Waals surface area (Å²) in [6.45, 7) is 7.85. The van der Waals surface area contributed by atoms with E-state index in [4.69, 9.17) is 14.2 Å². The van der Waals surface area contributed by atoms with Gasteiger partial charge in [-0.3, -0.25) is 4.99 Å². The summed E-state index contributed by atoms with van der Waals surface area (Å²) in [6.07, 6.45) is 4.12. The highest BCUT2D eigenvalue weighted by Gasteiger charge is 2.19. The van der Waals surface area contributed by atoms with Gasteiger partial charge in [-0.1, -0.05) is 0 Å². The van der Waals surface area contributed by atoms with Crippen molar-refractivity contribution in [2.24, 2.45) is 4.99 Å². The average molecular weight is 421 g/mol. The fourth-order valence-electron chi connectivity index (χ4n) is 3.06. The molecule has 2 aliphatic rings. The Bertz CT molecular complexity index is 560. The van der Waals surface area contributed by atoms with Gasteiger partial charge < -0.3 is 24.8 Å². The largest absolute Gasteiger partial charge is 0.379 e. The van der Waals surface area contributed by atoms with Crippen LogP contribution in [-0.2, 0) is 24.2 Å². The van der Waals surface area contributed by atoms with Crippen LogP contribution in [0.4, 0.5) is 0 Å². The van der Waals surface area contributed by atoms with Crippen molar-refractivity contribution >= 4 is 16.0 Å². The van der Waals surface area contributed by atoms with E-state index in [0.717, 1.165) is 32.3 Å². The molecule has 2 rings (SSSR count). The van der Waals surface area contributed by atoms with Crippen LogP contribution in [0.2, 0.25) is 0 Å². The molecular formula is C18H36N4O5S. The van der Waals surface area contributed by atoms with E-state index in [1.807, 2.05) is 13.8 Å². The van der Waals surface area contributed by atoms with Gasteiger partial charge >= 0.3 is 0 Å². The summed E-state index contributed by atoms with van der Waals surface area (Å²) < 4.78 is 43.6. The molecule has 2 saturated heterocycles. The van der Waals surface area contributed by atoms with E-state index in [1.165, 1.54) is 0 Å². The van der Waals surface area contributed by atoms with Gasteiger partial charge in [-0.25, -0.2) is 13.1 Å². The number of rotatable bonds is 11. The van der Waals surface area contributed by atoms with Gasteiger partial charge in [-0.15, -0.1) is 0 Å². The minimum Gasteiger partial charge on any atom is -0.379 e. The number of sulfonamides is 1. The zero-order chi connectivity index (χ0) is 20.2. The Morgan fingerprint density at radius 2 is 2.14 bits per heavy atom. The summed E-state index contributed by atoms with van der Waals surface area (Å²) >= 11 is 0. The number of hydrogen-bond acceptors (Lipinski definition) is 6. The number of nitrogens with one attached hydrogen (secondary N) is 3. The Kier molecular flexibility index (Phi) is 10.5. The van der Waals surface area contributed by atoms with Crippen molar-refractivity contribution in [1.82, 2.24) is 15.4 Å². The smallest absolute Gasteiger partial charge is 0.213 e. The van der Waals surface area contributed by atoms with Gasteiger partial charge in [0, 0.05) is 32.3 Å². The van der Waals surface area contributed by atoms with Crippen molar-refractivity contribution in [2.75, 3.05) is 51.8 Å². The predicted octanol–water partition coefficient (Wildman–Crippen LogP) is 0.224. The summed E-state index contributed by atoms with van der Waals surface area (Å²) in [7, 11) is -3.37. The number of nitrogens with zero attached hydrogens (tertiary/aromatic N) is 1. The Morgan fingerprint density at radius 1 is 1.29 bits per heavy atom. The molecule has 2 fully saturated rings. The van der Waals surface area contributed by atoms with E-state index in [0.29, 0.717) is 38.9 Å². The Balaban J connectivity index is 1.70. The summed E-state index contributed by atoms with van der Waals surface area (Å²) in [5.41, 5.74) is 0. The third-order valence-corrected chi connectivity index (χ3v) is 5.96. The Hall–Kier alpha value is -0.940.